The molecule has 0 radical (unpaired) electrons. The summed E-state index contributed by atoms with van der Waals surface area (Å²) in [5.41, 5.74) is 6.81. The van der Waals surface area contributed by atoms with E-state index in [0.29, 0.717) is 0 Å². The van der Waals surface area contributed by atoms with Gasteiger partial charge in [-0.1, -0.05) is 86.2 Å². The predicted octanol–water partition coefficient (Wildman–Crippen LogP) is 6.28. The van der Waals surface area contributed by atoms with E-state index < -0.39 is 0 Å². The highest BCUT2D eigenvalue weighted by molar-refractivity contribution is 5.75. The van der Waals surface area contributed by atoms with Crippen molar-refractivity contribution in [2.75, 3.05) is 0 Å². The lowest BCUT2D eigenvalue weighted by Crippen LogP contribution is -1.92. The third kappa shape index (κ3) is 2.92. The fourth-order valence-electron chi connectivity index (χ4n) is 3.12. The minimum absolute atomic E-state index is 0.783. The Morgan fingerprint density at radius 2 is 1.32 bits per heavy atom. The van der Waals surface area contributed by atoms with Gasteiger partial charge in [-0.15, -0.1) is 0 Å². The second kappa shape index (κ2) is 6.36. The SMILES string of the molecule is CC.Cc1ccc(-c2ccc(C3=CC=CC4CC34)cc2)cc1. The number of fused-ring (bicyclic) bond motifs is 1. The van der Waals surface area contributed by atoms with E-state index in [4.69, 9.17) is 0 Å². The zero-order valence-corrected chi connectivity index (χ0v) is 13.7. The van der Waals surface area contributed by atoms with Crippen LogP contribution in [-0.2, 0) is 0 Å². The molecule has 0 aliphatic heterocycles. The van der Waals surface area contributed by atoms with Crippen LogP contribution in [-0.4, -0.2) is 0 Å². The highest BCUT2D eigenvalue weighted by Crippen LogP contribution is 2.51. The number of hydrogen-bond donors (Lipinski definition) is 0. The molecule has 0 spiro atoms. The maximum Gasteiger partial charge on any atom is -0.00869 e. The first kappa shape index (κ1) is 14.8. The van der Waals surface area contributed by atoms with Gasteiger partial charge in [0.05, 0.1) is 0 Å². The van der Waals surface area contributed by atoms with Gasteiger partial charge in [0.15, 0.2) is 0 Å². The molecule has 1 saturated carbocycles. The molecule has 0 saturated heterocycles. The summed E-state index contributed by atoms with van der Waals surface area (Å²) < 4.78 is 0. The highest BCUT2D eigenvalue weighted by Gasteiger charge is 2.39. The van der Waals surface area contributed by atoms with Gasteiger partial charge in [0.1, 0.15) is 0 Å². The molecule has 2 aliphatic rings. The van der Waals surface area contributed by atoms with Gasteiger partial charge in [0, 0.05) is 0 Å². The normalized spacial score (nSPS) is 21.3. The lowest BCUT2D eigenvalue weighted by atomic mass is 9.95. The van der Waals surface area contributed by atoms with E-state index in [0.717, 1.165) is 11.8 Å². The molecular formula is C22H24. The molecule has 2 atom stereocenters. The molecule has 2 aromatic carbocycles. The first-order chi connectivity index (χ1) is 10.8. The standard InChI is InChI=1S/C20H18.C2H6/c1-14-5-7-15(8-6-14)16-9-11-17(12-10-16)19-4-2-3-18-13-20(18)19;1-2/h2-12,18,20H,13H2,1H3;1-2H3. The largest absolute Gasteiger partial charge is 0.0808 e. The van der Waals surface area contributed by atoms with Crippen LogP contribution in [0.5, 0.6) is 0 Å². The van der Waals surface area contributed by atoms with Crippen molar-refractivity contribution in [1.29, 1.82) is 0 Å². The molecule has 1 fully saturated rings. The van der Waals surface area contributed by atoms with E-state index in [1.807, 2.05) is 13.8 Å². The van der Waals surface area contributed by atoms with Crippen LogP contribution < -0.4 is 0 Å². The summed E-state index contributed by atoms with van der Waals surface area (Å²) in [6.45, 7) is 6.13. The fourth-order valence-corrected chi connectivity index (χ4v) is 3.12. The Hall–Kier alpha value is -2.08. The molecule has 0 aromatic heterocycles. The maximum absolute atomic E-state index is 2.34. The van der Waals surface area contributed by atoms with Gasteiger partial charge in [-0.25, -0.2) is 0 Å². The van der Waals surface area contributed by atoms with E-state index in [-0.39, 0.29) is 0 Å². The molecule has 2 aliphatic carbocycles. The van der Waals surface area contributed by atoms with Gasteiger partial charge >= 0.3 is 0 Å². The Bertz CT molecular complexity index is 684. The second-order valence-electron chi connectivity index (χ2n) is 5.96. The molecule has 0 heteroatoms. The van der Waals surface area contributed by atoms with Crippen LogP contribution in [0.25, 0.3) is 16.7 Å². The molecular weight excluding hydrogens is 264 g/mol. The topological polar surface area (TPSA) is 0 Å². The summed E-state index contributed by atoms with van der Waals surface area (Å²) in [4.78, 5) is 0. The van der Waals surface area contributed by atoms with Crippen LogP contribution >= 0.6 is 0 Å². The minimum atomic E-state index is 0.783. The average molecular weight is 288 g/mol. The summed E-state index contributed by atoms with van der Waals surface area (Å²) in [5, 5.41) is 0. The quantitative estimate of drug-likeness (QED) is 0.610. The van der Waals surface area contributed by atoms with E-state index in [2.05, 4.69) is 73.7 Å². The van der Waals surface area contributed by atoms with Crippen molar-refractivity contribution in [1.82, 2.24) is 0 Å². The van der Waals surface area contributed by atoms with Crippen molar-refractivity contribution >= 4 is 5.57 Å². The van der Waals surface area contributed by atoms with Crippen molar-refractivity contribution in [3.8, 4) is 11.1 Å². The third-order valence-electron chi connectivity index (χ3n) is 4.48. The highest BCUT2D eigenvalue weighted by atomic mass is 14.4. The van der Waals surface area contributed by atoms with Crippen molar-refractivity contribution < 1.29 is 0 Å². The summed E-state index contributed by atoms with van der Waals surface area (Å²) in [6.07, 6.45) is 8.18. The van der Waals surface area contributed by atoms with E-state index in [1.165, 1.54) is 34.2 Å². The summed E-state index contributed by atoms with van der Waals surface area (Å²) in [6, 6.07) is 17.8. The van der Waals surface area contributed by atoms with Gasteiger partial charge in [-0.2, -0.15) is 0 Å². The Kier molecular flexibility index (Phi) is 4.29. The Morgan fingerprint density at radius 1 is 0.773 bits per heavy atom. The minimum Gasteiger partial charge on any atom is -0.0808 e. The van der Waals surface area contributed by atoms with Crippen LogP contribution in [0.1, 0.15) is 31.4 Å². The molecule has 0 bridgehead atoms. The number of allylic oxidation sites excluding steroid dienone is 4. The lowest BCUT2D eigenvalue weighted by Gasteiger charge is -2.10. The van der Waals surface area contributed by atoms with Crippen LogP contribution in [0.2, 0.25) is 0 Å². The summed E-state index contributed by atoms with van der Waals surface area (Å²) in [7, 11) is 0. The zero-order chi connectivity index (χ0) is 15.5. The van der Waals surface area contributed by atoms with E-state index >= 15 is 0 Å². The van der Waals surface area contributed by atoms with Gasteiger partial charge in [0.2, 0.25) is 0 Å². The number of hydrogen-bond acceptors (Lipinski definition) is 0. The lowest BCUT2D eigenvalue weighted by molar-refractivity contribution is 0.999. The van der Waals surface area contributed by atoms with Crippen LogP contribution in [0.4, 0.5) is 0 Å². The number of aryl methyl sites for hydroxylation is 1. The molecule has 4 rings (SSSR count). The van der Waals surface area contributed by atoms with E-state index in [1.54, 1.807) is 0 Å². The number of rotatable bonds is 2. The average Bonchev–Trinajstić information content (AvgIpc) is 3.37. The van der Waals surface area contributed by atoms with Gasteiger partial charge in [-0.3, -0.25) is 0 Å². The fraction of sp³-hybridized carbons (Fsp3) is 0.273. The van der Waals surface area contributed by atoms with Crippen molar-refractivity contribution in [3.05, 3.63) is 77.9 Å². The third-order valence-corrected chi connectivity index (χ3v) is 4.48. The Labute approximate surface area is 134 Å². The van der Waals surface area contributed by atoms with Crippen LogP contribution in [0, 0.1) is 18.8 Å². The maximum atomic E-state index is 2.34. The van der Waals surface area contributed by atoms with Gasteiger partial charge < -0.3 is 0 Å². The molecule has 0 N–H and O–H groups in total. The first-order valence-electron chi connectivity index (χ1n) is 8.37. The molecule has 2 unspecified atom stereocenters. The van der Waals surface area contributed by atoms with Crippen LogP contribution in [0.15, 0.2) is 66.8 Å². The van der Waals surface area contributed by atoms with Crippen molar-refractivity contribution in [3.63, 3.8) is 0 Å². The van der Waals surface area contributed by atoms with E-state index in [9.17, 15) is 0 Å². The van der Waals surface area contributed by atoms with Crippen LogP contribution in [0.3, 0.4) is 0 Å². The Morgan fingerprint density at radius 3 is 1.95 bits per heavy atom. The monoisotopic (exact) mass is 288 g/mol. The van der Waals surface area contributed by atoms with Crippen molar-refractivity contribution in [2.24, 2.45) is 11.8 Å². The van der Waals surface area contributed by atoms with Crippen molar-refractivity contribution in [2.45, 2.75) is 27.2 Å². The molecule has 22 heavy (non-hydrogen) atoms. The summed E-state index contributed by atoms with van der Waals surface area (Å²) >= 11 is 0. The molecule has 112 valence electrons. The van der Waals surface area contributed by atoms with Gasteiger partial charge in [0.25, 0.3) is 0 Å². The van der Waals surface area contributed by atoms with Gasteiger partial charge in [-0.05, 0) is 47.4 Å². The first-order valence-corrected chi connectivity index (χ1v) is 8.37. The zero-order valence-electron chi connectivity index (χ0n) is 13.7. The summed E-state index contributed by atoms with van der Waals surface area (Å²) in [5.74, 6) is 1.59. The number of benzene rings is 2. The second-order valence-corrected chi connectivity index (χ2v) is 5.96. The Balaban J connectivity index is 0.000000693. The predicted molar refractivity (Wildman–Crippen MR) is 96.7 cm³/mol. The molecule has 0 heterocycles. The molecule has 0 nitrogen and oxygen atoms in total. The molecule has 0 amide bonds. The smallest absolute Gasteiger partial charge is 0.00869 e. The molecule has 2 aromatic rings.